The Kier molecular flexibility index (Phi) is 3.71. The van der Waals surface area contributed by atoms with Crippen LogP contribution >= 0.6 is 19.5 Å². The Bertz CT molecular complexity index is 464. The van der Waals surface area contributed by atoms with E-state index in [-0.39, 0.29) is 5.66 Å². The molecule has 0 radical (unpaired) electrons. The molecule has 1 aromatic rings. The lowest BCUT2D eigenvalue weighted by Crippen LogP contribution is -2.13. The molecule has 0 spiro atoms. The molecule has 0 fully saturated rings. The number of rotatable bonds is 3. The maximum absolute atomic E-state index is 12.2. The Morgan fingerprint density at radius 3 is 2.88 bits per heavy atom. The second kappa shape index (κ2) is 4.92. The molecule has 1 unspecified atom stereocenters. The number of fused-ring (bicyclic) bond motifs is 1. The first-order valence-electron chi connectivity index (χ1n) is 5.41. The molecule has 1 heterocycles. The van der Waals surface area contributed by atoms with Crippen LogP contribution in [0.1, 0.15) is 19.4 Å². The number of nitrogens with one attached hydrogen (secondary N) is 1. The fourth-order valence-electron chi connectivity index (χ4n) is 1.54. The van der Waals surface area contributed by atoms with E-state index in [0.717, 1.165) is 11.3 Å². The van der Waals surface area contributed by atoms with Crippen LogP contribution in [0, 0.1) is 0 Å². The topological polar surface area (TPSA) is 47.6 Å². The number of anilines is 1. The van der Waals surface area contributed by atoms with Crippen molar-refractivity contribution in [2.75, 3.05) is 11.0 Å². The molecule has 0 saturated heterocycles. The van der Waals surface area contributed by atoms with Gasteiger partial charge >= 0.3 is 7.60 Å². The first kappa shape index (κ1) is 12.8. The average molecular weight is 273 g/mol. The molecule has 6 heteroatoms. The number of hydrogen-bond donors (Lipinski definition) is 1. The third kappa shape index (κ3) is 2.62. The van der Waals surface area contributed by atoms with Gasteiger partial charge in [-0.2, -0.15) is 0 Å². The van der Waals surface area contributed by atoms with Gasteiger partial charge in [0, 0.05) is 17.5 Å². The van der Waals surface area contributed by atoms with Gasteiger partial charge in [0.25, 0.3) is 0 Å². The largest absolute Gasteiger partial charge is 0.424 e. The van der Waals surface area contributed by atoms with Crippen LogP contribution in [-0.4, -0.2) is 11.9 Å². The van der Waals surface area contributed by atoms with Gasteiger partial charge in [0.15, 0.2) is 0 Å². The molecule has 0 amide bonds. The summed E-state index contributed by atoms with van der Waals surface area (Å²) >= 11 is 1.52. The molecule has 0 aliphatic carbocycles. The van der Waals surface area contributed by atoms with Gasteiger partial charge in [0.2, 0.25) is 0 Å². The van der Waals surface area contributed by atoms with Gasteiger partial charge in [-0.15, -0.1) is 0 Å². The van der Waals surface area contributed by atoms with Crippen LogP contribution in [0.15, 0.2) is 18.2 Å². The summed E-state index contributed by atoms with van der Waals surface area (Å²) in [5.74, 6) is 0.667. The van der Waals surface area contributed by atoms with Gasteiger partial charge < -0.3 is 9.25 Å². The van der Waals surface area contributed by atoms with Crippen LogP contribution in [0.2, 0.25) is 0 Å². The van der Waals surface area contributed by atoms with E-state index in [9.17, 15) is 4.57 Å². The first-order valence-corrected chi connectivity index (χ1v) is 8.24. The van der Waals surface area contributed by atoms with Gasteiger partial charge in [-0.25, -0.2) is 4.57 Å². The molecule has 1 aliphatic rings. The standard InChI is InChI=1S/C11H16NO3PS/c1-8(2)16(13)14-7-9-6-10(12-17-3)4-5-11(9)15-16/h4-6,8,12H,7H2,1-3H3. The van der Waals surface area contributed by atoms with E-state index < -0.39 is 7.60 Å². The summed E-state index contributed by atoms with van der Waals surface area (Å²) in [7, 11) is -2.97. The van der Waals surface area contributed by atoms with Crippen molar-refractivity contribution in [2.45, 2.75) is 26.1 Å². The second-order valence-corrected chi connectivity index (χ2v) is 7.29. The molecule has 1 aromatic carbocycles. The van der Waals surface area contributed by atoms with Gasteiger partial charge in [0.05, 0.1) is 12.3 Å². The Balaban J connectivity index is 2.26. The van der Waals surface area contributed by atoms with Crippen molar-refractivity contribution < 1.29 is 13.6 Å². The molecule has 0 bridgehead atoms. The highest BCUT2D eigenvalue weighted by molar-refractivity contribution is 7.99. The van der Waals surface area contributed by atoms with E-state index in [1.165, 1.54) is 11.9 Å². The lowest BCUT2D eigenvalue weighted by molar-refractivity contribution is 0.227. The fourth-order valence-corrected chi connectivity index (χ4v) is 3.24. The fraction of sp³-hybridized carbons (Fsp3) is 0.455. The zero-order valence-electron chi connectivity index (χ0n) is 10.1. The summed E-state index contributed by atoms with van der Waals surface area (Å²) in [5, 5.41) is 0. The maximum atomic E-state index is 12.2. The molecule has 1 N–H and O–H groups in total. The number of hydrogen-bond acceptors (Lipinski definition) is 5. The maximum Gasteiger partial charge on any atom is 0.382 e. The first-order chi connectivity index (χ1) is 8.05. The SMILES string of the molecule is CSNc1ccc2c(c1)COP(=O)(C(C)C)O2. The zero-order chi connectivity index (χ0) is 12.5. The van der Waals surface area contributed by atoms with Gasteiger partial charge in [-0.05, 0) is 18.2 Å². The average Bonchev–Trinajstić information content (AvgIpc) is 2.30. The van der Waals surface area contributed by atoms with E-state index in [4.69, 9.17) is 9.05 Å². The summed E-state index contributed by atoms with van der Waals surface area (Å²) in [4.78, 5) is 0. The zero-order valence-corrected chi connectivity index (χ0v) is 11.8. The molecule has 0 saturated carbocycles. The van der Waals surface area contributed by atoms with Crippen molar-refractivity contribution >= 4 is 25.2 Å². The quantitative estimate of drug-likeness (QED) is 0.668. The van der Waals surface area contributed by atoms with E-state index in [1.54, 1.807) is 0 Å². The van der Waals surface area contributed by atoms with Crippen LogP contribution in [0.5, 0.6) is 5.75 Å². The highest BCUT2D eigenvalue weighted by atomic mass is 32.2. The molecule has 1 aliphatic heterocycles. The van der Waals surface area contributed by atoms with Crippen LogP contribution in [0.25, 0.3) is 0 Å². The Hall–Kier alpha value is -0.640. The predicted molar refractivity (Wildman–Crippen MR) is 71.7 cm³/mol. The van der Waals surface area contributed by atoms with Crippen molar-refractivity contribution in [1.82, 2.24) is 0 Å². The molecule has 17 heavy (non-hydrogen) atoms. The molecular formula is C11H16NO3PS. The highest BCUT2D eigenvalue weighted by Crippen LogP contribution is 2.57. The number of benzene rings is 1. The Morgan fingerprint density at radius 1 is 1.47 bits per heavy atom. The predicted octanol–water partition coefficient (Wildman–Crippen LogP) is 3.89. The highest BCUT2D eigenvalue weighted by Gasteiger charge is 2.35. The van der Waals surface area contributed by atoms with Gasteiger partial charge in [0.1, 0.15) is 5.75 Å². The van der Waals surface area contributed by atoms with Crippen molar-refractivity contribution in [3.05, 3.63) is 23.8 Å². The minimum Gasteiger partial charge on any atom is -0.424 e. The smallest absolute Gasteiger partial charge is 0.382 e. The Morgan fingerprint density at radius 2 is 2.24 bits per heavy atom. The molecule has 4 nitrogen and oxygen atoms in total. The minimum atomic E-state index is -2.97. The van der Waals surface area contributed by atoms with Crippen molar-refractivity contribution in [1.29, 1.82) is 0 Å². The van der Waals surface area contributed by atoms with Gasteiger partial charge in [-0.1, -0.05) is 25.8 Å². The third-order valence-corrected chi connectivity index (χ3v) is 5.18. The lowest BCUT2D eigenvalue weighted by Gasteiger charge is -2.28. The Labute approximate surface area is 106 Å². The van der Waals surface area contributed by atoms with E-state index in [1.807, 2.05) is 38.3 Å². The van der Waals surface area contributed by atoms with E-state index in [0.29, 0.717) is 12.4 Å². The molecule has 94 valence electrons. The van der Waals surface area contributed by atoms with Crippen LogP contribution < -0.4 is 9.25 Å². The monoisotopic (exact) mass is 273 g/mol. The van der Waals surface area contributed by atoms with Crippen LogP contribution in [0.3, 0.4) is 0 Å². The summed E-state index contributed by atoms with van der Waals surface area (Å²) in [6, 6.07) is 5.70. The van der Waals surface area contributed by atoms with Crippen molar-refractivity contribution in [3.8, 4) is 5.75 Å². The molecular weight excluding hydrogens is 257 g/mol. The molecule has 0 aromatic heterocycles. The summed E-state index contributed by atoms with van der Waals surface area (Å²) in [6.45, 7) is 4.03. The van der Waals surface area contributed by atoms with Gasteiger partial charge in [-0.3, -0.25) is 4.52 Å². The van der Waals surface area contributed by atoms with Crippen molar-refractivity contribution in [2.24, 2.45) is 0 Å². The second-order valence-electron chi connectivity index (χ2n) is 4.13. The molecule has 1 atom stereocenters. The summed E-state index contributed by atoms with van der Waals surface area (Å²) < 4.78 is 26.3. The van der Waals surface area contributed by atoms with E-state index >= 15 is 0 Å². The summed E-state index contributed by atoms with van der Waals surface area (Å²) in [6.07, 6.45) is 1.96. The molecule has 2 rings (SSSR count). The summed E-state index contributed by atoms with van der Waals surface area (Å²) in [5.41, 5.74) is 1.79. The third-order valence-electron chi connectivity index (χ3n) is 2.54. The minimum absolute atomic E-state index is 0.125. The lowest BCUT2D eigenvalue weighted by atomic mass is 10.2. The van der Waals surface area contributed by atoms with Crippen LogP contribution in [-0.2, 0) is 15.7 Å². The van der Waals surface area contributed by atoms with Crippen molar-refractivity contribution in [3.63, 3.8) is 0 Å². The normalized spacial score (nSPS) is 23.1. The van der Waals surface area contributed by atoms with E-state index in [2.05, 4.69) is 4.72 Å². The van der Waals surface area contributed by atoms with Crippen LogP contribution in [0.4, 0.5) is 5.69 Å².